The number of anilines is 2. The molecule has 0 spiro atoms. The molecule has 2 fully saturated rings. The molecule has 21 heavy (non-hydrogen) atoms. The van der Waals surface area contributed by atoms with Gasteiger partial charge in [0.15, 0.2) is 0 Å². The van der Waals surface area contributed by atoms with E-state index < -0.39 is 0 Å². The fourth-order valence-corrected chi connectivity index (χ4v) is 3.31. The number of pyridine rings is 1. The van der Waals surface area contributed by atoms with Crippen molar-refractivity contribution in [2.75, 3.05) is 29.9 Å². The Labute approximate surface area is 126 Å². The van der Waals surface area contributed by atoms with Crippen molar-refractivity contribution >= 4 is 17.4 Å². The SMILES string of the molecule is CCCNc1cc(N2CCC3NC(=O)CCC3C2)ccn1. The first-order valence-electron chi connectivity index (χ1n) is 8.00. The molecule has 0 radical (unpaired) electrons. The molecule has 5 heteroatoms. The standard InChI is InChI=1S/C16H24N4O/c1-2-7-17-15-10-13(5-8-18-15)20-9-6-14-12(11-20)3-4-16(21)19-14/h5,8,10,12,14H,2-4,6-7,9,11H2,1H3,(H,17,18)(H,19,21). The van der Waals surface area contributed by atoms with Crippen molar-refractivity contribution in [1.29, 1.82) is 0 Å². The van der Waals surface area contributed by atoms with Gasteiger partial charge in [-0.2, -0.15) is 0 Å². The Morgan fingerprint density at radius 1 is 1.48 bits per heavy atom. The fraction of sp³-hybridized carbons (Fsp3) is 0.625. The van der Waals surface area contributed by atoms with Gasteiger partial charge in [0.05, 0.1) is 0 Å². The topological polar surface area (TPSA) is 57.3 Å². The van der Waals surface area contributed by atoms with E-state index in [0.29, 0.717) is 18.4 Å². The van der Waals surface area contributed by atoms with Crippen LogP contribution in [0.25, 0.3) is 0 Å². The van der Waals surface area contributed by atoms with E-state index in [1.807, 2.05) is 6.20 Å². The zero-order chi connectivity index (χ0) is 14.7. The van der Waals surface area contributed by atoms with Gasteiger partial charge in [-0.25, -0.2) is 4.98 Å². The second-order valence-corrected chi connectivity index (χ2v) is 6.03. The maximum Gasteiger partial charge on any atom is 0.220 e. The molecule has 0 bridgehead atoms. The number of hydrogen-bond donors (Lipinski definition) is 2. The normalized spacial score (nSPS) is 25.2. The van der Waals surface area contributed by atoms with E-state index in [2.05, 4.69) is 39.6 Å². The van der Waals surface area contributed by atoms with Gasteiger partial charge in [0.1, 0.15) is 5.82 Å². The highest BCUT2D eigenvalue weighted by molar-refractivity contribution is 5.77. The van der Waals surface area contributed by atoms with E-state index in [9.17, 15) is 4.79 Å². The molecule has 1 aromatic rings. The second kappa shape index (κ2) is 6.33. The van der Waals surface area contributed by atoms with Crippen molar-refractivity contribution in [1.82, 2.24) is 10.3 Å². The summed E-state index contributed by atoms with van der Waals surface area (Å²) in [7, 11) is 0. The molecule has 2 aliphatic heterocycles. The third-order valence-corrected chi connectivity index (χ3v) is 4.49. The summed E-state index contributed by atoms with van der Waals surface area (Å²) in [5, 5.41) is 6.48. The van der Waals surface area contributed by atoms with Crippen molar-refractivity contribution < 1.29 is 4.79 Å². The molecule has 3 rings (SSSR count). The molecular formula is C16H24N4O. The van der Waals surface area contributed by atoms with Crippen LogP contribution in [-0.2, 0) is 4.79 Å². The fourth-order valence-electron chi connectivity index (χ4n) is 3.31. The average molecular weight is 288 g/mol. The van der Waals surface area contributed by atoms with E-state index in [4.69, 9.17) is 0 Å². The number of carbonyl (C=O) groups is 1. The van der Waals surface area contributed by atoms with E-state index in [1.165, 1.54) is 5.69 Å². The van der Waals surface area contributed by atoms with Gasteiger partial charge in [-0.05, 0) is 31.2 Å². The smallest absolute Gasteiger partial charge is 0.220 e. The van der Waals surface area contributed by atoms with Crippen LogP contribution >= 0.6 is 0 Å². The Morgan fingerprint density at radius 3 is 3.24 bits per heavy atom. The number of carbonyl (C=O) groups excluding carboxylic acids is 1. The predicted octanol–water partition coefficient (Wildman–Crippen LogP) is 2.01. The second-order valence-electron chi connectivity index (χ2n) is 6.03. The summed E-state index contributed by atoms with van der Waals surface area (Å²) in [5.41, 5.74) is 1.24. The number of piperidine rings is 2. The summed E-state index contributed by atoms with van der Waals surface area (Å²) in [4.78, 5) is 18.3. The zero-order valence-electron chi connectivity index (χ0n) is 12.6. The first-order valence-corrected chi connectivity index (χ1v) is 8.00. The van der Waals surface area contributed by atoms with Crippen molar-refractivity contribution in [2.24, 2.45) is 5.92 Å². The summed E-state index contributed by atoms with van der Waals surface area (Å²) in [6, 6.07) is 4.60. The lowest BCUT2D eigenvalue weighted by molar-refractivity contribution is -0.124. The third-order valence-electron chi connectivity index (χ3n) is 4.49. The van der Waals surface area contributed by atoms with Crippen LogP contribution in [0.3, 0.4) is 0 Å². The van der Waals surface area contributed by atoms with E-state index in [0.717, 1.165) is 44.7 Å². The van der Waals surface area contributed by atoms with E-state index >= 15 is 0 Å². The van der Waals surface area contributed by atoms with Crippen LogP contribution < -0.4 is 15.5 Å². The van der Waals surface area contributed by atoms with E-state index in [-0.39, 0.29) is 5.91 Å². The summed E-state index contributed by atoms with van der Waals surface area (Å²) in [6.45, 7) is 5.13. The van der Waals surface area contributed by atoms with Crippen molar-refractivity contribution in [3.8, 4) is 0 Å². The van der Waals surface area contributed by atoms with Crippen LogP contribution in [0.4, 0.5) is 11.5 Å². The van der Waals surface area contributed by atoms with Gasteiger partial charge in [0, 0.05) is 50.0 Å². The summed E-state index contributed by atoms with van der Waals surface area (Å²) >= 11 is 0. The van der Waals surface area contributed by atoms with Gasteiger partial charge in [-0.3, -0.25) is 4.79 Å². The molecule has 0 aliphatic carbocycles. The highest BCUT2D eigenvalue weighted by Crippen LogP contribution is 2.29. The lowest BCUT2D eigenvalue weighted by Gasteiger charge is -2.42. The Bertz CT molecular complexity index is 505. The average Bonchev–Trinajstić information content (AvgIpc) is 2.52. The molecule has 5 nitrogen and oxygen atoms in total. The van der Waals surface area contributed by atoms with Crippen LogP contribution in [0.2, 0.25) is 0 Å². The van der Waals surface area contributed by atoms with E-state index in [1.54, 1.807) is 0 Å². The number of aromatic nitrogens is 1. The Morgan fingerprint density at radius 2 is 2.38 bits per heavy atom. The van der Waals surface area contributed by atoms with Crippen LogP contribution in [0.5, 0.6) is 0 Å². The van der Waals surface area contributed by atoms with Crippen LogP contribution in [-0.4, -0.2) is 36.6 Å². The number of nitrogens with one attached hydrogen (secondary N) is 2. The van der Waals surface area contributed by atoms with Gasteiger partial charge in [0.25, 0.3) is 0 Å². The van der Waals surface area contributed by atoms with Gasteiger partial charge in [0.2, 0.25) is 5.91 Å². The third kappa shape index (κ3) is 3.28. The maximum atomic E-state index is 11.5. The molecule has 2 saturated heterocycles. The molecule has 1 amide bonds. The molecule has 2 atom stereocenters. The Hall–Kier alpha value is -1.78. The quantitative estimate of drug-likeness (QED) is 0.890. The Balaban J connectivity index is 1.66. The molecule has 2 aliphatic rings. The predicted molar refractivity (Wildman–Crippen MR) is 84.5 cm³/mol. The zero-order valence-corrected chi connectivity index (χ0v) is 12.6. The summed E-state index contributed by atoms with van der Waals surface area (Å²) in [5.74, 6) is 1.75. The molecule has 0 saturated carbocycles. The van der Waals surface area contributed by atoms with Crippen LogP contribution in [0.15, 0.2) is 18.3 Å². The highest BCUT2D eigenvalue weighted by Gasteiger charge is 2.33. The van der Waals surface area contributed by atoms with Crippen LogP contribution in [0, 0.1) is 5.92 Å². The minimum atomic E-state index is 0.222. The summed E-state index contributed by atoms with van der Waals surface area (Å²) < 4.78 is 0. The number of nitrogens with zero attached hydrogens (tertiary/aromatic N) is 2. The van der Waals surface area contributed by atoms with Gasteiger partial charge >= 0.3 is 0 Å². The molecule has 0 aromatic carbocycles. The lowest BCUT2D eigenvalue weighted by atomic mass is 9.85. The maximum absolute atomic E-state index is 11.5. The molecule has 2 unspecified atom stereocenters. The lowest BCUT2D eigenvalue weighted by Crippen LogP contribution is -2.54. The van der Waals surface area contributed by atoms with Crippen molar-refractivity contribution in [2.45, 2.75) is 38.6 Å². The number of amides is 1. The first-order chi connectivity index (χ1) is 10.3. The molecule has 2 N–H and O–H groups in total. The minimum Gasteiger partial charge on any atom is -0.371 e. The van der Waals surface area contributed by atoms with Gasteiger partial charge in [-0.15, -0.1) is 0 Å². The van der Waals surface area contributed by atoms with Crippen molar-refractivity contribution in [3.05, 3.63) is 18.3 Å². The van der Waals surface area contributed by atoms with Crippen molar-refractivity contribution in [3.63, 3.8) is 0 Å². The molecular weight excluding hydrogens is 264 g/mol. The Kier molecular flexibility index (Phi) is 4.27. The van der Waals surface area contributed by atoms with Crippen LogP contribution in [0.1, 0.15) is 32.6 Å². The first kappa shape index (κ1) is 14.2. The number of fused-ring (bicyclic) bond motifs is 1. The minimum absolute atomic E-state index is 0.222. The largest absolute Gasteiger partial charge is 0.371 e. The monoisotopic (exact) mass is 288 g/mol. The number of rotatable bonds is 4. The molecule has 3 heterocycles. The van der Waals surface area contributed by atoms with Gasteiger partial charge in [-0.1, -0.05) is 6.92 Å². The highest BCUT2D eigenvalue weighted by atomic mass is 16.1. The van der Waals surface area contributed by atoms with Gasteiger partial charge < -0.3 is 15.5 Å². The molecule has 114 valence electrons. The molecule has 1 aromatic heterocycles. The summed E-state index contributed by atoms with van der Waals surface area (Å²) in [6.07, 6.45) is 5.70. The number of hydrogen-bond acceptors (Lipinski definition) is 4.